The lowest BCUT2D eigenvalue weighted by molar-refractivity contribution is -0.166. The van der Waals surface area contributed by atoms with Crippen LogP contribution < -0.4 is 0 Å². The van der Waals surface area contributed by atoms with Crippen molar-refractivity contribution in [3.63, 3.8) is 0 Å². The standard InChI is InChI=1S/C15H20O5/c1-3-5-10(16)12-11(17)8-15(14(19)20-2)7-4-6-9(15)13(12)18/h9,12H,3-8H2,1-2H3. The summed E-state index contributed by atoms with van der Waals surface area (Å²) in [6.45, 7) is 1.84. The molecule has 5 heteroatoms. The number of esters is 1. The van der Waals surface area contributed by atoms with E-state index in [2.05, 4.69) is 0 Å². The predicted molar refractivity (Wildman–Crippen MR) is 69.8 cm³/mol. The van der Waals surface area contributed by atoms with Gasteiger partial charge in [-0.3, -0.25) is 19.2 Å². The van der Waals surface area contributed by atoms with Crippen molar-refractivity contribution in [3.8, 4) is 0 Å². The fourth-order valence-electron chi connectivity index (χ4n) is 3.72. The molecule has 0 saturated heterocycles. The molecule has 2 saturated carbocycles. The van der Waals surface area contributed by atoms with Crippen LogP contribution in [0.3, 0.4) is 0 Å². The highest BCUT2D eigenvalue weighted by Gasteiger charge is 2.60. The second-order valence-electron chi connectivity index (χ2n) is 5.79. The Morgan fingerprint density at radius 2 is 2.05 bits per heavy atom. The van der Waals surface area contributed by atoms with Crippen molar-refractivity contribution < 1.29 is 23.9 Å². The van der Waals surface area contributed by atoms with Gasteiger partial charge in [0.1, 0.15) is 5.92 Å². The Hall–Kier alpha value is -1.52. The van der Waals surface area contributed by atoms with Gasteiger partial charge in [-0.15, -0.1) is 0 Å². The zero-order chi connectivity index (χ0) is 14.9. The zero-order valence-corrected chi connectivity index (χ0v) is 11.9. The molecular formula is C15H20O5. The van der Waals surface area contributed by atoms with Gasteiger partial charge in [0, 0.05) is 18.8 Å². The van der Waals surface area contributed by atoms with E-state index in [0.717, 1.165) is 0 Å². The van der Waals surface area contributed by atoms with Crippen LogP contribution in [0.1, 0.15) is 45.4 Å². The first-order valence-electron chi connectivity index (χ1n) is 7.15. The summed E-state index contributed by atoms with van der Waals surface area (Å²) in [5, 5.41) is 0. The number of carbonyl (C=O) groups excluding carboxylic acids is 4. The molecule has 0 heterocycles. The number of Topliss-reactive ketones (excluding diaryl/α,β-unsaturated/α-hetero) is 3. The summed E-state index contributed by atoms with van der Waals surface area (Å²) >= 11 is 0. The number of methoxy groups -OCH3 is 1. The van der Waals surface area contributed by atoms with Crippen molar-refractivity contribution in [2.24, 2.45) is 17.3 Å². The molecule has 110 valence electrons. The summed E-state index contributed by atoms with van der Waals surface area (Å²) in [6.07, 6.45) is 2.60. The minimum Gasteiger partial charge on any atom is -0.469 e. The molecule has 0 aromatic heterocycles. The number of carbonyl (C=O) groups is 4. The van der Waals surface area contributed by atoms with Crippen LogP contribution in [0, 0.1) is 17.3 Å². The largest absolute Gasteiger partial charge is 0.469 e. The molecule has 3 atom stereocenters. The quantitative estimate of drug-likeness (QED) is 0.575. The van der Waals surface area contributed by atoms with Gasteiger partial charge in [0.15, 0.2) is 17.3 Å². The van der Waals surface area contributed by atoms with Crippen LogP contribution in [0.2, 0.25) is 0 Å². The van der Waals surface area contributed by atoms with Crippen molar-refractivity contribution in [3.05, 3.63) is 0 Å². The van der Waals surface area contributed by atoms with Crippen molar-refractivity contribution in [2.45, 2.75) is 45.4 Å². The van der Waals surface area contributed by atoms with Crippen LogP contribution in [0.5, 0.6) is 0 Å². The van der Waals surface area contributed by atoms with E-state index in [1.54, 1.807) is 0 Å². The van der Waals surface area contributed by atoms with Gasteiger partial charge in [-0.2, -0.15) is 0 Å². The van der Waals surface area contributed by atoms with E-state index >= 15 is 0 Å². The van der Waals surface area contributed by atoms with Gasteiger partial charge in [0.25, 0.3) is 0 Å². The first kappa shape index (κ1) is 14.9. The molecule has 2 aliphatic rings. The van der Waals surface area contributed by atoms with Gasteiger partial charge in [0.05, 0.1) is 12.5 Å². The minimum atomic E-state index is -1.14. The summed E-state index contributed by atoms with van der Waals surface area (Å²) in [5.74, 6) is -3.22. The second-order valence-corrected chi connectivity index (χ2v) is 5.79. The van der Waals surface area contributed by atoms with Crippen LogP contribution in [-0.4, -0.2) is 30.4 Å². The van der Waals surface area contributed by atoms with Crippen LogP contribution in [0.4, 0.5) is 0 Å². The monoisotopic (exact) mass is 280 g/mol. The molecule has 2 rings (SSSR count). The molecule has 2 aliphatic carbocycles. The Kier molecular flexibility index (Phi) is 4.06. The van der Waals surface area contributed by atoms with E-state index < -0.39 is 29.0 Å². The lowest BCUT2D eigenvalue weighted by Crippen LogP contribution is -2.52. The number of hydrogen-bond acceptors (Lipinski definition) is 5. The summed E-state index contributed by atoms with van der Waals surface area (Å²) in [6, 6.07) is 0. The van der Waals surface area contributed by atoms with Crippen LogP contribution >= 0.6 is 0 Å². The maximum absolute atomic E-state index is 12.5. The van der Waals surface area contributed by atoms with Crippen molar-refractivity contribution in [2.75, 3.05) is 7.11 Å². The van der Waals surface area contributed by atoms with E-state index in [4.69, 9.17) is 4.74 Å². The summed E-state index contributed by atoms with van der Waals surface area (Å²) in [7, 11) is 1.27. The molecular weight excluding hydrogens is 260 g/mol. The van der Waals surface area contributed by atoms with Crippen LogP contribution in [-0.2, 0) is 23.9 Å². The van der Waals surface area contributed by atoms with E-state index in [-0.39, 0.29) is 24.4 Å². The topological polar surface area (TPSA) is 77.5 Å². The van der Waals surface area contributed by atoms with Crippen molar-refractivity contribution in [1.82, 2.24) is 0 Å². The third-order valence-electron chi connectivity index (χ3n) is 4.63. The Morgan fingerprint density at radius 3 is 2.65 bits per heavy atom. The molecule has 0 aromatic carbocycles. The van der Waals surface area contributed by atoms with Crippen LogP contribution in [0.15, 0.2) is 0 Å². The van der Waals surface area contributed by atoms with Gasteiger partial charge in [-0.25, -0.2) is 0 Å². The average Bonchev–Trinajstić information content (AvgIpc) is 2.83. The molecule has 0 bridgehead atoms. The second kappa shape index (κ2) is 5.46. The normalized spacial score (nSPS) is 32.9. The number of fused-ring (bicyclic) bond motifs is 1. The number of hydrogen-bond donors (Lipinski definition) is 0. The van der Waals surface area contributed by atoms with Gasteiger partial charge in [-0.05, 0) is 19.3 Å². The van der Waals surface area contributed by atoms with E-state index in [1.807, 2.05) is 6.92 Å². The van der Waals surface area contributed by atoms with Gasteiger partial charge >= 0.3 is 5.97 Å². The molecule has 5 nitrogen and oxygen atoms in total. The maximum Gasteiger partial charge on any atom is 0.312 e. The van der Waals surface area contributed by atoms with Crippen molar-refractivity contribution >= 4 is 23.3 Å². The SMILES string of the molecule is CCCC(=O)C1C(=O)CC2(C(=O)OC)CCCC2C1=O. The molecule has 0 aliphatic heterocycles. The van der Waals surface area contributed by atoms with Crippen LogP contribution in [0.25, 0.3) is 0 Å². The van der Waals surface area contributed by atoms with E-state index in [0.29, 0.717) is 25.7 Å². The first-order valence-corrected chi connectivity index (χ1v) is 7.15. The third-order valence-corrected chi connectivity index (χ3v) is 4.63. The average molecular weight is 280 g/mol. The van der Waals surface area contributed by atoms with E-state index in [1.165, 1.54) is 7.11 Å². The summed E-state index contributed by atoms with van der Waals surface area (Å²) in [4.78, 5) is 48.8. The van der Waals surface area contributed by atoms with Gasteiger partial charge < -0.3 is 4.74 Å². The summed E-state index contributed by atoms with van der Waals surface area (Å²) in [5.41, 5.74) is -1.01. The zero-order valence-electron chi connectivity index (χ0n) is 11.9. The van der Waals surface area contributed by atoms with Gasteiger partial charge in [-0.1, -0.05) is 13.3 Å². The highest BCUT2D eigenvalue weighted by Crippen LogP contribution is 2.52. The highest BCUT2D eigenvalue weighted by atomic mass is 16.5. The molecule has 0 spiro atoms. The Bertz CT molecular complexity index is 467. The lowest BCUT2D eigenvalue weighted by Gasteiger charge is -2.37. The fraction of sp³-hybridized carbons (Fsp3) is 0.733. The molecule has 0 aromatic rings. The third kappa shape index (κ3) is 2.09. The van der Waals surface area contributed by atoms with Gasteiger partial charge in [0.2, 0.25) is 0 Å². The first-order chi connectivity index (χ1) is 9.47. The summed E-state index contributed by atoms with van der Waals surface area (Å²) < 4.78 is 4.81. The predicted octanol–water partition coefficient (Wildman–Crippen LogP) is 1.47. The molecule has 0 amide bonds. The highest BCUT2D eigenvalue weighted by molar-refractivity contribution is 6.23. The lowest BCUT2D eigenvalue weighted by atomic mass is 9.62. The Balaban J connectivity index is 2.33. The van der Waals surface area contributed by atoms with Crippen molar-refractivity contribution in [1.29, 1.82) is 0 Å². The molecule has 0 radical (unpaired) electrons. The maximum atomic E-state index is 12.5. The fourth-order valence-corrected chi connectivity index (χ4v) is 3.72. The minimum absolute atomic E-state index is 0.0315. The number of ketones is 3. The molecule has 0 N–H and O–H groups in total. The Labute approximate surface area is 118 Å². The number of ether oxygens (including phenoxy) is 1. The molecule has 20 heavy (non-hydrogen) atoms. The Morgan fingerprint density at radius 1 is 1.35 bits per heavy atom. The van der Waals surface area contributed by atoms with E-state index in [9.17, 15) is 19.2 Å². The molecule has 3 unspecified atom stereocenters. The smallest absolute Gasteiger partial charge is 0.312 e. The number of rotatable bonds is 4. The molecule has 2 fully saturated rings.